The summed E-state index contributed by atoms with van der Waals surface area (Å²) < 4.78 is 1.23. The smallest absolute Gasteiger partial charge is 0.287 e. The molecule has 0 saturated carbocycles. The molecule has 4 fully saturated rings. The number of halogens is 1. The first-order valence-electron chi connectivity index (χ1n) is 17.7. The summed E-state index contributed by atoms with van der Waals surface area (Å²) in [6.45, 7) is 5.02. The van der Waals surface area contributed by atoms with Crippen LogP contribution >= 0.6 is 11.6 Å². The Bertz CT molecular complexity index is 1810. The van der Waals surface area contributed by atoms with Crippen LogP contribution in [0.4, 0.5) is 11.5 Å². The van der Waals surface area contributed by atoms with Gasteiger partial charge in [0.25, 0.3) is 11.5 Å². The summed E-state index contributed by atoms with van der Waals surface area (Å²) in [6, 6.07) is 12.1. The molecule has 0 aliphatic carbocycles. The third kappa shape index (κ3) is 7.14. The van der Waals surface area contributed by atoms with E-state index in [1.54, 1.807) is 19.4 Å². The summed E-state index contributed by atoms with van der Waals surface area (Å²) in [4.78, 5) is 61.1. The lowest BCUT2D eigenvalue weighted by Gasteiger charge is -2.47. The lowest BCUT2D eigenvalue weighted by atomic mass is 9.71. The maximum Gasteiger partial charge on any atom is 0.287 e. The molecule has 1 unspecified atom stereocenters. The molecule has 4 aliphatic heterocycles. The van der Waals surface area contributed by atoms with Crippen LogP contribution in [-0.4, -0.2) is 94.6 Å². The van der Waals surface area contributed by atoms with Crippen molar-refractivity contribution in [1.82, 2.24) is 29.9 Å². The fourth-order valence-corrected chi connectivity index (χ4v) is 8.53. The van der Waals surface area contributed by atoms with Crippen LogP contribution in [0.3, 0.4) is 0 Å². The molecule has 7 rings (SSSR count). The first-order valence-corrected chi connectivity index (χ1v) is 18.1. The van der Waals surface area contributed by atoms with Crippen molar-refractivity contribution in [3.8, 4) is 0 Å². The number of carbonyl (C=O) groups is 3. The Morgan fingerprint density at radius 3 is 2.40 bits per heavy atom. The molecule has 3 amide bonds. The largest absolute Gasteiger partial charge is 0.378 e. The van der Waals surface area contributed by atoms with Crippen LogP contribution in [0.25, 0.3) is 0 Å². The molecule has 1 aromatic carbocycles. The van der Waals surface area contributed by atoms with Gasteiger partial charge in [0, 0.05) is 70.5 Å². The van der Waals surface area contributed by atoms with Crippen LogP contribution in [0.15, 0.2) is 53.6 Å². The number of imide groups is 1. The highest BCUT2D eigenvalue weighted by Crippen LogP contribution is 2.42. The molecule has 13 heteroatoms. The molecule has 4 saturated heterocycles. The van der Waals surface area contributed by atoms with Crippen molar-refractivity contribution in [2.75, 3.05) is 56.5 Å². The molecule has 2 N–H and O–H groups in total. The predicted octanol–water partition coefficient (Wildman–Crippen LogP) is 3.77. The molecule has 1 spiro atoms. The fourth-order valence-electron chi connectivity index (χ4n) is 8.31. The summed E-state index contributed by atoms with van der Waals surface area (Å²) in [5.74, 6) is 0.494. The van der Waals surface area contributed by atoms with Crippen molar-refractivity contribution in [3.05, 3.63) is 80.9 Å². The first-order chi connectivity index (χ1) is 24.1. The average Bonchev–Trinajstić information content (AvgIpc) is 3.12. The monoisotopic (exact) mass is 700 g/mol. The molecule has 4 aliphatic rings. The highest BCUT2D eigenvalue weighted by Gasteiger charge is 2.39. The molecule has 0 bridgehead atoms. The van der Waals surface area contributed by atoms with Crippen molar-refractivity contribution in [2.24, 2.45) is 12.5 Å². The van der Waals surface area contributed by atoms with Crippen molar-refractivity contribution < 1.29 is 14.4 Å². The number of pyridine rings is 1. The molecule has 12 nitrogen and oxygen atoms in total. The number of likely N-dealkylation sites (tertiary alicyclic amines) is 2. The molecule has 50 heavy (non-hydrogen) atoms. The number of nitrogens with one attached hydrogen (secondary N) is 2. The number of nitrogens with zero attached hydrogens (tertiary/aromatic N) is 6. The van der Waals surface area contributed by atoms with Gasteiger partial charge < -0.3 is 20.0 Å². The quantitative estimate of drug-likeness (QED) is 0.369. The van der Waals surface area contributed by atoms with E-state index in [1.165, 1.54) is 10.2 Å². The lowest BCUT2D eigenvalue weighted by molar-refractivity contribution is -0.134. The second-order valence-electron chi connectivity index (χ2n) is 14.6. The Morgan fingerprint density at radius 2 is 1.68 bits per heavy atom. The third-order valence-electron chi connectivity index (χ3n) is 11.4. The molecule has 3 atom stereocenters. The second-order valence-corrected chi connectivity index (χ2v) is 15.0. The minimum Gasteiger partial charge on any atom is -0.378 e. The van der Waals surface area contributed by atoms with E-state index in [-0.39, 0.29) is 51.6 Å². The first kappa shape index (κ1) is 34.2. The summed E-state index contributed by atoms with van der Waals surface area (Å²) in [7, 11) is 3.67. The van der Waals surface area contributed by atoms with E-state index in [2.05, 4.69) is 49.7 Å². The van der Waals surface area contributed by atoms with Gasteiger partial charge in [0.1, 0.15) is 10.8 Å². The Balaban J connectivity index is 0.916. The number of hydrogen-bond acceptors (Lipinski definition) is 9. The van der Waals surface area contributed by atoms with Gasteiger partial charge in [-0.1, -0.05) is 23.7 Å². The maximum atomic E-state index is 13.6. The van der Waals surface area contributed by atoms with Gasteiger partial charge in [-0.3, -0.25) is 24.5 Å². The zero-order valence-electron chi connectivity index (χ0n) is 28.7. The Morgan fingerprint density at radius 1 is 0.960 bits per heavy atom. The van der Waals surface area contributed by atoms with E-state index >= 15 is 0 Å². The number of likely N-dealkylation sites (N-methyl/N-ethyl adjacent to an activating group) is 1. The van der Waals surface area contributed by atoms with E-state index in [0.717, 1.165) is 88.3 Å². The summed E-state index contributed by atoms with van der Waals surface area (Å²) >= 11 is 6.32. The molecular formula is C37H45ClN8O4. The molecular weight excluding hydrogens is 656 g/mol. The number of hydrogen-bond donors (Lipinski definition) is 2. The highest BCUT2D eigenvalue weighted by atomic mass is 35.5. The normalized spacial score (nSPS) is 24.3. The SMILES string of the molecule is CN1C[C@H](Nc2cnn(C)c(=O)c2Cl)C[C@H](c2ccc(C(=O)N3CCC4(CC3)CCN(c3cc(C5CCC(=O)NC5=O)ccn3)CC4)cc2)C1. The molecule has 2 aromatic heterocycles. The van der Waals surface area contributed by atoms with Gasteiger partial charge in [-0.05, 0) is 92.3 Å². The number of aryl methyl sites for hydroxylation is 1. The Hall–Kier alpha value is -4.29. The number of anilines is 2. The molecule has 6 heterocycles. The predicted molar refractivity (Wildman–Crippen MR) is 192 cm³/mol. The summed E-state index contributed by atoms with van der Waals surface area (Å²) in [5.41, 5.74) is 3.28. The minimum absolute atomic E-state index is 0.0893. The van der Waals surface area contributed by atoms with Crippen molar-refractivity contribution >= 4 is 40.8 Å². The van der Waals surface area contributed by atoms with E-state index in [9.17, 15) is 19.2 Å². The van der Waals surface area contributed by atoms with Crippen molar-refractivity contribution in [1.29, 1.82) is 0 Å². The number of aromatic nitrogens is 3. The van der Waals surface area contributed by atoms with Crippen molar-refractivity contribution in [3.63, 3.8) is 0 Å². The second kappa shape index (κ2) is 14.1. The van der Waals surface area contributed by atoms with E-state index in [4.69, 9.17) is 11.6 Å². The number of carbonyl (C=O) groups excluding carboxylic acids is 3. The zero-order chi connectivity index (χ0) is 35.0. The van der Waals surface area contributed by atoms with Crippen LogP contribution in [0.5, 0.6) is 0 Å². The van der Waals surface area contributed by atoms with Crippen LogP contribution in [-0.2, 0) is 16.6 Å². The molecule has 0 radical (unpaired) electrons. The maximum absolute atomic E-state index is 13.6. The summed E-state index contributed by atoms with van der Waals surface area (Å²) in [6.07, 6.45) is 9.20. The van der Waals surface area contributed by atoms with Gasteiger partial charge in [-0.15, -0.1) is 0 Å². The standard InChI is InChI=1S/C37H45ClN8O4/c1-43-22-27(19-28(23-43)41-30-21-40-44(2)36(50)33(30)38)24-3-5-25(6-4-24)35(49)46-17-12-37(13-18-46)10-15-45(16-11-37)31-20-26(9-14-39-31)29-7-8-32(47)42-34(29)48/h3-6,9,14,20-21,27-29,41H,7-8,10-13,15-19,22-23H2,1-2H3,(H,42,47,48)/t27-,28+,29?/m0/s1. The van der Waals surface area contributed by atoms with Crippen LogP contribution in [0.2, 0.25) is 5.02 Å². The van der Waals surface area contributed by atoms with Crippen LogP contribution < -0.4 is 21.1 Å². The number of amides is 3. The van der Waals surface area contributed by atoms with Crippen LogP contribution in [0.1, 0.15) is 78.3 Å². The number of benzene rings is 1. The lowest BCUT2D eigenvalue weighted by Crippen LogP contribution is -2.48. The Labute approximate surface area is 297 Å². The fraction of sp³-hybridized carbons (Fsp3) is 0.514. The van der Waals surface area contributed by atoms with E-state index in [0.29, 0.717) is 18.5 Å². The van der Waals surface area contributed by atoms with Gasteiger partial charge in [-0.25, -0.2) is 9.67 Å². The average molecular weight is 701 g/mol. The van der Waals surface area contributed by atoms with Gasteiger partial charge >= 0.3 is 0 Å². The topological polar surface area (TPSA) is 133 Å². The molecule has 3 aromatic rings. The summed E-state index contributed by atoms with van der Waals surface area (Å²) in [5, 5.41) is 10.2. The van der Waals surface area contributed by atoms with Gasteiger partial charge in [0.2, 0.25) is 11.8 Å². The van der Waals surface area contributed by atoms with Crippen molar-refractivity contribution in [2.45, 2.75) is 62.8 Å². The molecule has 264 valence electrons. The number of piperidine rings is 4. The minimum atomic E-state index is -0.323. The van der Waals surface area contributed by atoms with Gasteiger partial charge in [-0.2, -0.15) is 5.10 Å². The van der Waals surface area contributed by atoms with Gasteiger partial charge in [0.05, 0.1) is 17.8 Å². The van der Waals surface area contributed by atoms with E-state index < -0.39 is 0 Å². The third-order valence-corrected chi connectivity index (χ3v) is 11.7. The highest BCUT2D eigenvalue weighted by molar-refractivity contribution is 6.32. The zero-order valence-corrected chi connectivity index (χ0v) is 29.5. The van der Waals surface area contributed by atoms with Crippen LogP contribution in [0, 0.1) is 5.41 Å². The van der Waals surface area contributed by atoms with E-state index in [1.807, 2.05) is 29.2 Å². The van der Waals surface area contributed by atoms with Gasteiger partial charge in [0.15, 0.2) is 0 Å². The Kier molecular flexibility index (Phi) is 9.67. The number of rotatable bonds is 6.